The first-order valence-electron chi connectivity index (χ1n) is 8.96. The largest absolute Gasteiger partial charge is 0.353 e. The fourth-order valence-electron chi connectivity index (χ4n) is 3.56. The van der Waals surface area contributed by atoms with E-state index in [1.807, 2.05) is 59.7 Å². The van der Waals surface area contributed by atoms with Crippen LogP contribution in [0, 0.1) is 13.8 Å². The summed E-state index contributed by atoms with van der Waals surface area (Å²) in [5.74, 6) is 1.02. The van der Waals surface area contributed by atoms with Crippen LogP contribution < -0.4 is 4.90 Å². The molecule has 26 heavy (non-hydrogen) atoms. The highest BCUT2D eigenvalue weighted by molar-refractivity contribution is 5.93. The lowest BCUT2D eigenvalue weighted by molar-refractivity contribution is 0.0666. The number of aromatic nitrogens is 3. The molecule has 1 aliphatic heterocycles. The zero-order chi connectivity index (χ0) is 18.3. The van der Waals surface area contributed by atoms with E-state index in [9.17, 15) is 4.79 Å². The molecule has 6 nitrogen and oxygen atoms in total. The maximum absolute atomic E-state index is 13.1. The molecule has 134 valence electrons. The predicted molar refractivity (Wildman–Crippen MR) is 102 cm³/mol. The first-order chi connectivity index (χ1) is 12.5. The van der Waals surface area contributed by atoms with Crippen molar-refractivity contribution in [2.75, 3.05) is 24.5 Å². The topological polar surface area (TPSA) is 53.7 Å². The standard InChI is InChI=1S/C20H23N5O/c1-14-7-8-18-21-11-17(25(18)12-14)20(26)24-10-9-23(13-16(24)3)19-6-4-5-15(2)22-19/h4-8,11-12,16H,9-10,13H2,1-3H3. The smallest absolute Gasteiger partial charge is 0.272 e. The number of anilines is 1. The summed E-state index contributed by atoms with van der Waals surface area (Å²) in [6.07, 6.45) is 3.64. The number of hydrogen-bond acceptors (Lipinski definition) is 4. The van der Waals surface area contributed by atoms with Crippen LogP contribution in [0.2, 0.25) is 0 Å². The minimum absolute atomic E-state index is 0.0347. The molecular weight excluding hydrogens is 326 g/mol. The number of nitrogens with zero attached hydrogens (tertiary/aromatic N) is 5. The predicted octanol–water partition coefficient (Wildman–Crippen LogP) is 2.70. The van der Waals surface area contributed by atoms with Gasteiger partial charge in [0.1, 0.15) is 17.2 Å². The average Bonchev–Trinajstić information content (AvgIpc) is 3.04. The van der Waals surface area contributed by atoms with E-state index in [0.717, 1.165) is 35.8 Å². The molecular formula is C20H23N5O. The first-order valence-corrected chi connectivity index (χ1v) is 8.96. The van der Waals surface area contributed by atoms with Gasteiger partial charge in [-0.2, -0.15) is 0 Å². The Morgan fingerprint density at radius 3 is 2.77 bits per heavy atom. The Hall–Kier alpha value is -2.89. The number of rotatable bonds is 2. The molecule has 1 amide bonds. The van der Waals surface area contributed by atoms with E-state index in [1.54, 1.807) is 6.20 Å². The zero-order valence-electron chi connectivity index (χ0n) is 15.4. The number of amides is 1. The number of hydrogen-bond donors (Lipinski definition) is 0. The van der Waals surface area contributed by atoms with Crippen LogP contribution in [0.3, 0.4) is 0 Å². The highest BCUT2D eigenvalue weighted by Gasteiger charge is 2.30. The molecule has 3 aromatic rings. The highest BCUT2D eigenvalue weighted by atomic mass is 16.2. The van der Waals surface area contributed by atoms with E-state index in [0.29, 0.717) is 12.2 Å². The van der Waals surface area contributed by atoms with Crippen molar-refractivity contribution in [3.8, 4) is 0 Å². The monoisotopic (exact) mass is 349 g/mol. The van der Waals surface area contributed by atoms with Gasteiger partial charge in [0.25, 0.3) is 5.91 Å². The Morgan fingerprint density at radius 1 is 1.15 bits per heavy atom. The summed E-state index contributed by atoms with van der Waals surface area (Å²) in [6, 6.07) is 10.1. The van der Waals surface area contributed by atoms with Gasteiger partial charge in [0.15, 0.2) is 0 Å². The van der Waals surface area contributed by atoms with E-state index in [1.165, 1.54) is 0 Å². The van der Waals surface area contributed by atoms with Crippen LogP contribution >= 0.6 is 0 Å². The summed E-state index contributed by atoms with van der Waals surface area (Å²) in [5.41, 5.74) is 3.54. The lowest BCUT2D eigenvalue weighted by Gasteiger charge is -2.40. The van der Waals surface area contributed by atoms with Crippen LogP contribution in [0.25, 0.3) is 5.65 Å². The second-order valence-corrected chi connectivity index (χ2v) is 7.01. The fourth-order valence-corrected chi connectivity index (χ4v) is 3.56. The van der Waals surface area contributed by atoms with Gasteiger partial charge < -0.3 is 9.80 Å². The highest BCUT2D eigenvalue weighted by Crippen LogP contribution is 2.20. The number of imidazole rings is 1. The van der Waals surface area contributed by atoms with Gasteiger partial charge in [-0.15, -0.1) is 0 Å². The van der Waals surface area contributed by atoms with Crippen molar-refractivity contribution in [3.05, 3.63) is 59.7 Å². The quantitative estimate of drug-likeness (QED) is 0.714. The molecule has 3 aromatic heterocycles. The van der Waals surface area contributed by atoms with Crippen molar-refractivity contribution in [2.45, 2.75) is 26.8 Å². The molecule has 0 radical (unpaired) electrons. The molecule has 6 heteroatoms. The van der Waals surface area contributed by atoms with Gasteiger partial charge in [-0.25, -0.2) is 9.97 Å². The maximum atomic E-state index is 13.1. The second kappa shape index (κ2) is 6.44. The third-order valence-electron chi connectivity index (χ3n) is 4.96. The number of fused-ring (bicyclic) bond motifs is 1. The van der Waals surface area contributed by atoms with Crippen LogP contribution in [-0.2, 0) is 0 Å². The van der Waals surface area contributed by atoms with Crippen LogP contribution in [-0.4, -0.2) is 50.9 Å². The molecule has 4 heterocycles. The number of carbonyl (C=O) groups is 1. The van der Waals surface area contributed by atoms with Crippen molar-refractivity contribution in [3.63, 3.8) is 0 Å². The lowest BCUT2D eigenvalue weighted by Crippen LogP contribution is -2.54. The normalized spacial score (nSPS) is 17.7. The van der Waals surface area contributed by atoms with Crippen molar-refractivity contribution >= 4 is 17.4 Å². The number of carbonyl (C=O) groups excluding carboxylic acids is 1. The number of piperazine rings is 1. The van der Waals surface area contributed by atoms with Crippen LogP contribution in [0.15, 0.2) is 42.7 Å². The van der Waals surface area contributed by atoms with E-state index in [2.05, 4.69) is 21.8 Å². The average molecular weight is 349 g/mol. The van der Waals surface area contributed by atoms with E-state index in [4.69, 9.17) is 0 Å². The first kappa shape index (κ1) is 16.6. The van der Waals surface area contributed by atoms with Crippen molar-refractivity contribution in [1.29, 1.82) is 0 Å². The van der Waals surface area contributed by atoms with Crippen LogP contribution in [0.5, 0.6) is 0 Å². The molecule has 1 aliphatic rings. The molecule has 0 saturated carbocycles. The summed E-state index contributed by atoms with van der Waals surface area (Å²) in [4.78, 5) is 26.3. The van der Waals surface area contributed by atoms with E-state index in [-0.39, 0.29) is 11.9 Å². The SMILES string of the molecule is Cc1ccc2ncc(C(=O)N3CCN(c4cccc(C)n4)CC3C)n2c1. The van der Waals surface area contributed by atoms with Crippen molar-refractivity contribution in [1.82, 2.24) is 19.3 Å². The molecule has 1 atom stereocenters. The minimum atomic E-state index is 0.0347. The van der Waals surface area contributed by atoms with Crippen molar-refractivity contribution in [2.24, 2.45) is 0 Å². The Bertz CT molecular complexity index is 964. The Balaban J connectivity index is 1.55. The molecule has 0 aromatic carbocycles. The van der Waals surface area contributed by atoms with E-state index >= 15 is 0 Å². The van der Waals surface area contributed by atoms with Gasteiger partial charge in [0.05, 0.1) is 6.20 Å². The Morgan fingerprint density at radius 2 is 2.00 bits per heavy atom. The summed E-state index contributed by atoms with van der Waals surface area (Å²) >= 11 is 0. The molecule has 0 spiro atoms. The van der Waals surface area contributed by atoms with Gasteiger partial charge in [-0.05, 0) is 44.5 Å². The minimum Gasteiger partial charge on any atom is -0.353 e. The van der Waals surface area contributed by atoms with Gasteiger partial charge >= 0.3 is 0 Å². The van der Waals surface area contributed by atoms with Crippen molar-refractivity contribution < 1.29 is 4.79 Å². The van der Waals surface area contributed by atoms with Gasteiger partial charge in [-0.1, -0.05) is 12.1 Å². The van der Waals surface area contributed by atoms with Crippen LogP contribution in [0.1, 0.15) is 28.7 Å². The van der Waals surface area contributed by atoms with Crippen LogP contribution in [0.4, 0.5) is 5.82 Å². The Labute approximate surface area is 153 Å². The molecule has 0 bridgehead atoms. The van der Waals surface area contributed by atoms with Gasteiger partial charge in [0, 0.05) is 37.6 Å². The summed E-state index contributed by atoms with van der Waals surface area (Å²) in [5, 5.41) is 0. The fraction of sp³-hybridized carbons (Fsp3) is 0.350. The van der Waals surface area contributed by atoms with E-state index < -0.39 is 0 Å². The zero-order valence-corrected chi connectivity index (χ0v) is 15.4. The molecule has 4 rings (SSSR count). The molecule has 1 saturated heterocycles. The number of aryl methyl sites for hydroxylation is 2. The summed E-state index contributed by atoms with van der Waals surface area (Å²) in [7, 11) is 0. The molecule has 0 N–H and O–H groups in total. The molecule has 1 fully saturated rings. The summed E-state index contributed by atoms with van der Waals surface area (Å²) in [6.45, 7) is 8.34. The maximum Gasteiger partial charge on any atom is 0.272 e. The van der Waals surface area contributed by atoms with Gasteiger partial charge in [-0.3, -0.25) is 9.20 Å². The second-order valence-electron chi connectivity index (χ2n) is 7.01. The third kappa shape index (κ3) is 2.92. The molecule has 0 aliphatic carbocycles. The number of pyridine rings is 2. The molecule has 1 unspecified atom stereocenters. The third-order valence-corrected chi connectivity index (χ3v) is 4.96. The Kier molecular flexibility index (Phi) is 4.11. The lowest BCUT2D eigenvalue weighted by atomic mass is 10.1. The summed E-state index contributed by atoms with van der Waals surface area (Å²) < 4.78 is 1.89. The van der Waals surface area contributed by atoms with Gasteiger partial charge in [0.2, 0.25) is 0 Å².